The molecule has 7 aliphatic carbocycles. The van der Waals surface area contributed by atoms with E-state index in [0.29, 0.717) is 37.2 Å². The Morgan fingerprint density at radius 2 is 1.79 bits per heavy atom. The van der Waals surface area contributed by atoms with Gasteiger partial charge in [-0.1, -0.05) is 38.3 Å². The van der Waals surface area contributed by atoms with Gasteiger partial charge in [0.2, 0.25) is 0 Å². The number of cyclic esters (lactones) is 1. The first-order valence-electron chi connectivity index (χ1n) is 27.5. The van der Waals surface area contributed by atoms with Crippen molar-refractivity contribution in [3.05, 3.63) is 46.9 Å². The molecule has 16 nitrogen and oxygen atoms in total. The van der Waals surface area contributed by atoms with Crippen molar-refractivity contribution in [3.8, 4) is 11.8 Å². The number of H-pyrrole nitrogens is 1. The number of fused-ring (bicyclic) bond motifs is 10. The number of Topliss-reactive ketones (excluding diaryl/α,β-unsaturated/α-hetero) is 2. The molecule has 5 fully saturated rings. The van der Waals surface area contributed by atoms with E-state index in [4.69, 9.17) is 16.2 Å². The number of nitrogens with two attached hydrogens (primary N) is 2. The zero-order chi connectivity index (χ0) is 52.5. The number of hydrogen-bond donors (Lipinski definition) is 11. The summed E-state index contributed by atoms with van der Waals surface area (Å²) >= 11 is 0. The van der Waals surface area contributed by atoms with Gasteiger partial charge in [-0.25, -0.2) is 0 Å². The second kappa shape index (κ2) is 20.5. The first-order valence-corrected chi connectivity index (χ1v) is 27.5. The Morgan fingerprint density at radius 3 is 2.47 bits per heavy atom. The van der Waals surface area contributed by atoms with Gasteiger partial charge in [-0.2, -0.15) is 0 Å². The van der Waals surface area contributed by atoms with Crippen molar-refractivity contribution in [1.82, 2.24) is 10.3 Å². The van der Waals surface area contributed by atoms with E-state index >= 15 is 4.79 Å². The topological polar surface area (TPSA) is 294 Å². The Morgan fingerprint density at radius 1 is 1.03 bits per heavy atom. The smallest absolute Gasteiger partial charge is 0.314 e. The monoisotopic (exact) mass is 1010 g/mol. The fourth-order valence-corrected chi connectivity index (χ4v) is 17.3. The van der Waals surface area contributed by atoms with Crippen LogP contribution in [0.1, 0.15) is 136 Å². The number of rotatable bonds is 11. The molecule has 1 aromatic heterocycles. The number of aliphatic hydroxyl groups is 7. The van der Waals surface area contributed by atoms with Crippen molar-refractivity contribution in [3.63, 3.8) is 0 Å². The Hall–Kier alpha value is -4.08. The lowest BCUT2D eigenvalue weighted by molar-refractivity contribution is -0.190. The molecule has 1 aromatic rings. The number of carbonyl (C=O) groups is 3. The third-order valence-corrected chi connectivity index (χ3v) is 20.8. The average Bonchev–Trinajstić information content (AvgIpc) is 4.05. The van der Waals surface area contributed by atoms with Gasteiger partial charge < -0.3 is 62.3 Å². The maximum Gasteiger partial charge on any atom is 0.314 e. The molecule has 0 spiro atoms. The summed E-state index contributed by atoms with van der Waals surface area (Å²) in [6.07, 6.45) is 7.76. The lowest BCUT2D eigenvalue weighted by Crippen LogP contribution is -2.66. The number of ether oxygens (including phenoxy) is 1. The minimum Gasteiger partial charge on any atom is -0.462 e. The number of aromatic nitrogens is 1. The van der Waals surface area contributed by atoms with Crippen LogP contribution in [-0.4, -0.2) is 126 Å². The number of nitrogens with one attached hydrogen (secondary N) is 2. The van der Waals surface area contributed by atoms with Gasteiger partial charge in [0, 0.05) is 61.1 Å². The Labute approximate surface area is 430 Å². The molecule has 402 valence electrons. The molecule has 0 aromatic carbocycles. The van der Waals surface area contributed by atoms with Crippen LogP contribution in [0.2, 0.25) is 0 Å². The molecule has 9 rings (SSSR count). The summed E-state index contributed by atoms with van der Waals surface area (Å²) in [7, 11) is 0. The van der Waals surface area contributed by atoms with E-state index in [-0.39, 0.29) is 105 Å². The first-order chi connectivity index (χ1) is 34.6. The Kier molecular flexibility index (Phi) is 15.1. The van der Waals surface area contributed by atoms with Crippen LogP contribution in [0.5, 0.6) is 0 Å². The van der Waals surface area contributed by atoms with E-state index in [2.05, 4.69) is 40.1 Å². The van der Waals surface area contributed by atoms with Crippen LogP contribution < -0.4 is 16.8 Å². The number of ketones is 2. The van der Waals surface area contributed by atoms with Crippen molar-refractivity contribution in [2.45, 2.75) is 172 Å². The predicted octanol–water partition coefficient (Wildman–Crippen LogP) is 3.51. The molecule has 0 bridgehead atoms. The van der Waals surface area contributed by atoms with E-state index in [1.807, 2.05) is 32.3 Å². The van der Waals surface area contributed by atoms with E-state index in [0.717, 1.165) is 24.8 Å². The van der Waals surface area contributed by atoms with Gasteiger partial charge in [0.15, 0.2) is 17.5 Å². The highest BCUT2D eigenvalue weighted by Crippen LogP contribution is 2.72. The molecule has 21 atom stereocenters. The third kappa shape index (κ3) is 9.02. The fourth-order valence-electron chi connectivity index (χ4n) is 17.3. The molecule has 4 saturated carbocycles. The van der Waals surface area contributed by atoms with Gasteiger partial charge in [-0.15, -0.1) is 5.92 Å². The minimum absolute atomic E-state index is 0.0145. The summed E-state index contributed by atoms with van der Waals surface area (Å²) < 4.78 is 6.24. The summed E-state index contributed by atoms with van der Waals surface area (Å²) in [5.41, 5.74) is 8.33. The summed E-state index contributed by atoms with van der Waals surface area (Å²) in [6.45, 7) is 8.32. The van der Waals surface area contributed by atoms with E-state index in [1.54, 1.807) is 6.92 Å². The molecule has 13 N–H and O–H groups in total. The second-order valence-corrected chi connectivity index (χ2v) is 24.6. The Bertz CT molecular complexity index is 2410. The van der Waals surface area contributed by atoms with Gasteiger partial charge in [-0.05, 0) is 161 Å². The summed E-state index contributed by atoms with van der Waals surface area (Å²) in [6, 6.07) is 0.716. The SMILES string of the molecule is CCC1OC(=O)C(c2cc[nH]c2)C1C1C#CCC2CC3(O)C4=C(NC(CO)C(C)=O)C(=O)C5CC(O)C(O)CC5(C)C4CCC3(CCN=C(N)N)C2C(C)(O)C(O)CC(CO)C2CC=C3CCC(C)CC3C2C1. The van der Waals surface area contributed by atoms with Crippen LogP contribution in [0, 0.1) is 87.8 Å². The standard InChI is InChI=1S/C57H83N5O11/c1-6-44-46(47(52(70)73-44)34-15-18-60-26-34)32-8-7-9-33-24-57(72)48-39(54(4)25-43(67)42(66)23-40(54)50(69)49(48)62-41(28-64)30(3)65)14-16-56(57,17-19-61-53(58)59)51(33)55(5,71)45(68)22-35(27-63)36-13-12-31-11-10-29(2)20-37(31)38(36)21-32/h12,15,18,26,29,32-33,35-47,51,60,62-64,66-68,71-72H,6,9-11,13-14,16-17,19-25,27-28H2,1-5H3,(H4,58,59,61). The lowest BCUT2D eigenvalue weighted by atomic mass is 9.44. The van der Waals surface area contributed by atoms with Gasteiger partial charge in [-0.3, -0.25) is 19.4 Å². The highest BCUT2D eigenvalue weighted by atomic mass is 16.6. The van der Waals surface area contributed by atoms with E-state index in [1.165, 1.54) is 12.5 Å². The average molecular weight is 1010 g/mol. The molecule has 1 aliphatic heterocycles. The van der Waals surface area contributed by atoms with Crippen molar-refractivity contribution in [2.75, 3.05) is 19.8 Å². The number of carbonyl (C=O) groups excluding carboxylic acids is 3. The van der Waals surface area contributed by atoms with E-state index in [9.17, 15) is 45.3 Å². The van der Waals surface area contributed by atoms with Gasteiger partial charge in [0.05, 0.1) is 47.7 Å². The summed E-state index contributed by atoms with van der Waals surface area (Å²) in [5.74, 6) is 2.11. The van der Waals surface area contributed by atoms with Crippen molar-refractivity contribution in [1.29, 1.82) is 0 Å². The van der Waals surface area contributed by atoms with Gasteiger partial charge in [0.25, 0.3) is 0 Å². The van der Waals surface area contributed by atoms with Crippen molar-refractivity contribution in [2.24, 2.45) is 92.4 Å². The molecule has 73 heavy (non-hydrogen) atoms. The van der Waals surface area contributed by atoms with Crippen molar-refractivity contribution < 1.29 is 54.9 Å². The first kappa shape index (κ1) is 53.7. The number of aliphatic imine (C=N–C) groups is 1. The molecule has 0 amide bonds. The highest BCUT2D eigenvalue weighted by Gasteiger charge is 2.74. The number of allylic oxidation sites excluding steroid dienone is 3. The van der Waals surface area contributed by atoms with E-state index < -0.39 is 106 Å². The summed E-state index contributed by atoms with van der Waals surface area (Å²) in [5, 5.41) is 88.5. The second-order valence-electron chi connectivity index (χ2n) is 24.6. The van der Waals surface area contributed by atoms with Crippen LogP contribution in [0.15, 0.2) is 46.4 Å². The number of aliphatic hydroxyl groups excluding tert-OH is 5. The summed E-state index contributed by atoms with van der Waals surface area (Å²) in [4.78, 5) is 50.0. The van der Waals surface area contributed by atoms with Crippen LogP contribution in [-0.2, 0) is 19.1 Å². The molecule has 2 heterocycles. The maximum absolute atomic E-state index is 15.3. The maximum atomic E-state index is 15.3. The van der Waals surface area contributed by atoms with Crippen LogP contribution in [0.4, 0.5) is 0 Å². The fraction of sp³-hybridized carbons (Fsp3) is 0.754. The lowest BCUT2D eigenvalue weighted by Gasteiger charge is -2.62. The molecule has 8 aliphatic rings. The van der Waals surface area contributed by atoms with Crippen LogP contribution >= 0.6 is 0 Å². The van der Waals surface area contributed by atoms with Gasteiger partial charge in [0.1, 0.15) is 12.1 Å². The van der Waals surface area contributed by atoms with Gasteiger partial charge >= 0.3 is 5.97 Å². The predicted molar refractivity (Wildman–Crippen MR) is 272 cm³/mol. The number of hydrogen-bond acceptors (Lipinski definition) is 13. The Balaban J connectivity index is 1.25. The molecule has 1 saturated heterocycles. The van der Waals surface area contributed by atoms with Crippen LogP contribution in [0.3, 0.4) is 0 Å². The quantitative estimate of drug-likeness (QED) is 0.0498. The number of aromatic amines is 1. The third-order valence-electron chi connectivity index (χ3n) is 20.8. The normalized spacial score (nSPS) is 44.8. The zero-order valence-electron chi connectivity index (χ0n) is 43.5. The number of esters is 1. The molecule has 21 unspecified atom stereocenters. The largest absolute Gasteiger partial charge is 0.462 e. The number of nitrogens with zero attached hydrogens (tertiary/aromatic N) is 1. The highest BCUT2D eigenvalue weighted by molar-refractivity contribution is 6.00. The molecular weight excluding hydrogens is 931 g/mol. The molecule has 16 heteroatoms. The molecule has 0 radical (unpaired) electrons. The minimum atomic E-state index is -1.95. The number of guanidine groups is 1. The van der Waals surface area contributed by atoms with Crippen molar-refractivity contribution >= 4 is 23.5 Å². The molecular formula is C57H83N5O11. The van der Waals surface area contributed by atoms with Crippen LogP contribution in [0.25, 0.3) is 0 Å². The zero-order valence-corrected chi connectivity index (χ0v) is 43.5.